The van der Waals surface area contributed by atoms with Crippen molar-refractivity contribution in [2.75, 3.05) is 6.54 Å². The summed E-state index contributed by atoms with van der Waals surface area (Å²) >= 11 is 0. The van der Waals surface area contributed by atoms with Crippen LogP contribution in [0.3, 0.4) is 0 Å². The third-order valence-electron chi connectivity index (χ3n) is 2.59. The third-order valence-corrected chi connectivity index (χ3v) is 2.59. The van der Waals surface area contributed by atoms with Crippen LogP contribution in [0.1, 0.15) is 12.7 Å². The van der Waals surface area contributed by atoms with Crippen molar-refractivity contribution in [2.45, 2.75) is 13.3 Å². The molecule has 0 aliphatic rings. The molecule has 1 heterocycles. The monoisotopic (exact) mass is 216 g/mol. The van der Waals surface area contributed by atoms with Gasteiger partial charge in [-0.15, -0.1) is 10.2 Å². The SMILES string of the molecule is CC(CN)Cc1nncn1-c1ccccc1. The van der Waals surface area contributed by atoms with Crippen LogP contribution in [0.4, 0.5) is 0 Å². The maximum Gasteiger partial charge on any atom is 0.137 e. The summed E-state index contributed by atoms with van der Waals surface area (Å²) in [6, 6.07) is 10.1. The van der Waals surface area contributed by atoms with E-state index in [2.05, 4.69) is 17.1 Å². The van der Waals surface area contributed by atoms with Crippen molar-refractivity contribution in [2.24, 2.45) is 11.7 Å². The normalized spacial score (nSPS) is 12.6. The second-order valence-corrected chi connectivity index (χ2v) is 4.00. The fraction of sp³-hybridized carbons (Fsp3) is 0.333. The number of benzene rings is 1. The molecule has 2 rings (SSSR count). The Morgan fingerprint density at radius 3 is 2.75 bits per heavy atom. The van der Waals surface area contributed by atoms with Gasteiger partial charge >= 0.3 is 0 Å². The summed E-state index contributed by atoms with van der Waals surface area (Å²) < 4.78 is 2.01. The van der Waals surface area contributed by atoms with Crippen LogP contribution in [0.5, 0.6) is 0 Å². The summed E-state index contributed by atoms with van der Waals surface area (Å²) in [7, 11) is 0. The molecule has 0 aliphatic heterocycles. The summed E-state index contributed by atoms with van der Waals surface area (Å²) in [6.07, 6.45) is 2.60. The average molecular weight is 216 g/mol. The Labute approximate surface area is 95.1 Å². The van der Waals surface area contributed by atoms with Crippen molar-refractivity contribution in [3.63, 3.8) is 0 Å². The molecule has 0 amide bonds. The number of aromatic nitrogens is 3. The first kappa shape index (κ1) is 10.8. The van der Waals surface area contributed by atoms with Gasteiger partial charge in [-0.05, 0) is 24.6 Å². The second kappa shape index (κ2) is 4.90. The summed E-state index contributed by atoms with van der Waals surface area (Å²) in [5.41, 5.74) is 6.71. The highest BCUT2D eigenvalue weighted by Gasteiger charge is 2.09. The Balaban J connectivity index is 2.26. The highest BCUT2D eigenvalue weighted by atomic mass is 15.3. The molecule has 0 saturated carbocycles. The highest BCUT2D eigenvalue weighted by Crippen LogP contribution is 2.11. The van der Waals surface area contributed by atoms with Crippen LogP contribution in [0, 0.1) is 5.92 Å². The quantitative estimate of drug-likeness (QED) is 0.840. The molecule has 16 heavy (non-hydrogen) atoms. The van der Waals surface area contributed by atoms with Crippen LogP contribution >= 0.6 is 0 Å². The molecule has 1 aromatic carbocycles. The maximum absolute atomic E-state index is 5.62. The van der Waals surface area contributed by atoms with Crippen LogP contribution in [-0.2, 0) is 6.42 Å². The minimum Gasteiger partial charge on any atom is -0.330 e. The zero-order valence-electron chi connectivity index (χ0n) is 9.37. The Morgan fingerprint density at radius 1 is 1.31 bits per heavy atom. The Hall–Kier alpha value is -1.68. The van der Waals surface area contributed by atoms with Crippen LogP contribution in [0.2, 0.25) is 0 Å². The lowest BCUT2D eigenvalue weighted by atomic mass is 10.1. The Kier molecular flexibility index (Phi) is 3.31. The van der Waals surface area contributed by atoms with Crippen molar-refractivity contribution in [1.29, 1.82) is 0 Å². The van der Waals surface area contributed by atoms with Crippen molar-refractivity contribution < 1.29 is 0 Å². The number of nitrogens with two attached hydrogens (primary N) is 1. The molecular weight excluding hydrogens is 200 g/mol. The van der Waals surface area contributed by atoms with Gasteiger partial charge in [0.2, 0.25) is 0 Å². The molecule has 0 fully saturated rings. The fourth-order valence-corrected chi connectivity index (χ4v) is 1.60. The van der Waals surface area contributed by atoms with E-state index in [4.69, 9.17) is 5.73 Å². The largest absolute Gasteiger partial charge is 0.330 e. The molecule has 0 radical (unpaired) electrons. The zero-order valence-corrected chi connectivity index (χ0v) is 9.37. The molecule has 0 saturated heterocycles. The van der Waals surface area contributed by atoms with Gasteiger partial charge in [-0.1, -0.05) is 25.1 Å². The van der Waals surface area contributed by atoms with E-state index in [1.54, 1.807) is 6.33 Å². The smallest absolute Gasteiger partial charge is 0.137 e. The first-order chi connectivity index (χ1) is 7.81. The molecule has 4 heteroatoms. The predicted octanol–water partition coefficient (Wildman–Crippen LogP) is 1.40. The summed E-state index contributed by atoms with van der Waals surface area (Å²) in [5.74, 6) is 1.39. The molecule has 0 bridgehead atoms. The first-order valence-corrected chi connectivity index (χ1v) is 5.45. The number of hydrogen-bond acceptors (Lipinski definition) is 3. The van der Waals surface area contributed by atoms with E-state index in [0.717, 1.165) is 17.9 Å². The third kappa shape index (κ3) is 2.28. The van der Waals surface area contributed by atoms with E-state index in [0.29, 0.717) is 12.5 Å². The lowest BCUT2D eigenvalue weighted by Gasteiger charge is -2.09. The van der Waals surface area contributed by atoms with E-state index in [1.807, 2.05) is 34.9 Å². The standard InChI is InChI=1S/C12H16N4/c1-10(8-13)7-12-15-14-9-16(12)11-5-3-2-4-6-11/h2-6,9-10H,7-8,13H2,1H3. The lowest BCUT2D eigenvalue weighted by Crippen LogP contribution is -2.15. The maximum atomic E-state index is 5.62. The average Bonchev–Trinajstić information content (AvgIpc) is 2.78. The van der Waals surface area contributed by atoms with E-state index in [9.17, 15) is 0 Å². The van der Waals surface area contributed by atoms with Crippen LogP contribution in [-0.4, -0.2) is 21.3 Å². The van der Waals surface area contributed by atoms with E-state index >= 15 is 0 Å². The number of nitrogens with zero attached hydrogens (tertiary/aromatic N) is 3. The molecule has 0 spiro atoms. The lowest BCUT2D eigenvalue weighted by molar-refractivity contribution is 0.567. The molecule has 2 aromatic rings. The molecule has 2 N–H and O–H groups in total. The molecule has 1 aromatic heterocycles. The Morgan fingerprint density at radius 2 is 2.06 bits per heavy atom. The number of para-hydroxylation sites is 1. The Bertz CT molecular complexity index is 435. The minimum absolute atomic E-state index is 0.423. The molecule has 84 valence electrons. The second-order valence-electron chi connectivity index (χ2n) is 4.00. The van der Waals surface area contributed by atoms with E-state index in [1.165, 1.54) is 0 Å². The van der Waals surface area contributed by atoms with Gasteiger partial charge in [0.15, 0.2) is 0 Å². The summed E-state index contributed by atoms with van der Waals surface area (Å²) in [5, 5.41) is 8.10. The van der Waals surface area contributed by atoms with Crippen molar-refractivity contribution in [1.82, 2.24) is 14.8 Å². The topological polar surface area (TPSA) is 56.7 Å². The van der Waals surface area contributed by atoms with Gasteiger partial charge in [-0.3, -0.25) is 4.57 Å². The fourth-order valence-electron chi connectivity index (χ4n) is 1.60. The highest BCUT2D eigenvalue weighted by molar-refractivity contribution is 5.31. The molecule has 1 unspecified atom stereocenters. The predicted molar refractivity (Wildman–Crippen MR) is 63.3 cm³/mol. The van der Waals surface area contributed by atoms with Crippen molar-refractivity contribution in [3.05, 3.63) is 42.5 Å². The molecule has 4 nitrogen and oxygen atoms in total. The van der Waals surface area contributed by atoms with Gasteiger partial charge in [-0.2, -0.15) is 0 Å². The summed E-state index contributed by atoms with van der Waals surface area (Å²) in [4.78, 5) is 0. The molecular formula is C12H16N4. The first-order valence-electron chi connectivity index (χ1n) is 5.45. The van der Waals surface area contributed by atoms with Gasteiger partial charge in [0.25, 0.3) is 0 Å². The van der Waals surface area contributed by atoms with Gasteiger partial charge in [0.05, 0.1) is 0 Å². The van der Waals surface area contributed by atoms with Crippen LogP contribution in [0.15, 0.2) is 36.7 Å². The van der Waals surface area contributed by atoms with Gasteiger partial charge < -0.3 is 5.73 Å². The van der Waals surface area contributed by atoms with E-state index in [-0.39, 0.29) is 0 Å². The van der Waals surface area contributed by atoms with E-state index < -0.39 is 0 Å². The number of hydrogen-bond donors (Lipinski definition) is 1. The van der Waals surface area contributed by atoms with Gasteiger partial charge in [0.1, 0.15) is 12.2 Å². The molecule has 0 aliphatic carbocycles. The zero-order chi connectivity index (χ0) is 11.4. The van der Waals surface area contributed by atoms with Crippen LogP contribution in [0.25, 0.3) is 5.69 Å². The van der Waals surface area contributed by atoms with Crippen molar-refractivity contribution in [3.8, 4) is 5.69 Å². The van der Waals surface area contributed by atoms with Gasteiger partial charge in [-0.25, -0.2) is 0 Å². The number of rotatable bonds is 4. The summed E-state index contributed by atoms with van der Waals surface area (Å²) in [6.45, 7) is 2.78. The van der Waals surface area contributed by atoms with Crippen molar-refractivity contribution >= 4 is 0 Å². The minimum atomic E-state index is 0.423. The molecule has 1 atom stereocenters. The van der Waals surface area contributed by atoms with Crippen LogP contribution < -0.4 is 5.73 Å². The van der Waals surface area contributed by atoms with Gasteiger partial charge in [0, 0.05) is 12.1 Å².